The van der Waals surface area contributed by atoms with Crippen molar-refractivity contribution in [2.45, 2.75) is 124 Å². The molecular formula is C42H62O4S4. The Morgan fingerprint density at radius 1 is 0.500 bits per heavy atom. The maximum absolute atomic E-state index is 12.3. The SMILES string of the molecule is O=C(CCCCC(=O)OCCCSC1CC2CC1C1C3CC(C4CC(S)CC43)C21)OCCCSC1CC2C(C1)C1CC2C2C3CC(S)C(C3)C12. The van der Waals surface area contributed by atoms with Crippen LogP contribution in [0, 0.1) is 94.7 Å². The standard InChI is InChI=1S/C42H62O4S4/c43-37(45-7-3-9-49-24-17-27-28(18-24)32-20-30(27)39-21-11-33(41(32)39)35(48)13-21)5-1-2-6-38(44)46-8-4-10-50-36-14-22-12-34(36)42-31-19-29(40(22)42)25-15-23(47)16-26(25)31/h21-36,39-42,47-48H,1-20H2. The molecule has 10 saturated carbocycles. The molecule has 10 rings (SSSR count). The normalized spacial score (nSPS) is 52.1. The van der Waals surface area contributed by atoms with Crippen LogP contribution in [0.4, 0.5) is 0 Å². The molecule has 50 heavy (non-hydrogen) atoms. The van der Waals surface area contributed by atoms with Gasteiger partial charge in [0.25, 0.3) is 0 Å². The number of hydrogen-bond acceptors (Lipinski definition) is 8. The Kier molecular flexibility index (Phi) is 9.83. The van der Waals surface area contributed by atoms with Crippen molar-refractivity contribution in [3.8, 4) is 0 Å². The van der Waals surface area contributed by atoms with Crippen molar-refractivity contribution in [3.63, 3.8) is 0 Å². The molecule has 0 aromatic heterocycles. The average Bonchev–Trinajstić information content (AvgIpc) is 3.93. The first-order valence-corrected chi connectivity index (χ1v) is 24.5. The van der Waals surface area contributed by atoms with Crippen molar-refractivity contribution < 1.29 is 19.1 Å². The number of carbonyl (C=O) groups is 2. The Balaban J connectivity index is 0.547. The van der Waals surface area contributed by atoms with Crippen molar-refractivity contribution in [1.82, 2.24) is 0 Å². The lowest BCUT2D eigenvalue weighted by Crippen LogP contribution is -2.39. The second-order valence-corrected chi connectivity index (χ2v) is 23.5. The molecule has 278 valence electrons. The van der Waals surface area contributed by atoms with Gasteiger partial charge in [-0.15, -0.1) is 0 Å². The van der Waals surface area contributed by atoms with Crippen LogP contribution in [-0.2, 0) is 19.1 Å². The lowest BCUT2D eigenvalue weighted by Gasteiger charge is -2.43. The first-order valence-electron chi connectivity index (χ1n) is 21.3. The van der Waals surface area contributed by atoms with Crippen molar-refractivity contribution in [2.75, 3.05) is 24.7 Å². The fraction of sp³-hybridized carbons (Fsp3) is 0.952. The minimum atomic E-state index is -0.109. The van der Waals surface area contributed by atoms with E-state index in [0.29, 0.717) is 49.4 Å². The average molecular weight is 759 g/mol. The molecule has 20 atom stereocenters. The largest absolute Gasteiger partial charge is 0.466 e. The predicted molar refractivity (Wildman–Crippen MR) is 210 cm³/mol. The third-order valence-corrected chi connectivity index (χ3v) is 21.4. The maximum Gasteiger partial charge on any atom is 0.305 e. The summed E-state index contributed by atoms with van der Waals surface area (Å²) in [5.74, 6) is 18.2. The molecule has 8 heteroatoms. The van der Waals surface area contributed by atoms with Gasteiger partial charge in [0.05, 0.1) is 13.2 Å². The summed E-state index contributed by atoms with van der Waals surface area (Å²) in [7, 11) is 0. The summed E-state index contributed by atoms with van der Waals surface area (Å²) in [5.41, 5.74) is 0. The molecule has 0 radical (unpaired) electrons. The van der Waals surface area contributed by atoms with Crippen LogP contribution in [0.2, 0.25) is 0 Å². The second-order valence-electron chi connectivity index (χ2n) is 19.3. The van der Waals surface area contributed by atoms with E-state index in [1.165, 1.54) is 51.4 Å². The molecule has 20 unspecified atom stereocenters. The molecule has 10 aliphatic rings. The Hall–Kier alpha value is 0.340. The lowest BCUT2D eigenvalue weighted by atomic mass is 9.64. The first-order chi connectivity index (χ1) is 24.4. The molecule has 0 N–H and O–H groups in total. The van der Waals surface area contributed by atoms with Gasteiger partial charge in [-0.05, 0) is 196 Å². The highest BCUT2D eigenvalue weighted by Gasteiger charge is 2.69. The first kappa shape index (κ1) is 34.8. The van der Waals surface area contributed by atoms with Gasteiger partial charge in [0.1, 0.15) is 0 Å². The van der Waals surface area contributed by atoms with E-state index < -0.39 is 0 Å². The van der Waals surface area contributed by atoms with E-state index in [-0.39, 0.29) is 11.9 Å². The Morgan fingerprint density at radius 2 is 1.02 bits per heavy atom. The van der Waals surface area contributed by atoms with Crippen LogP contribution in [0.5, 0.6) is 0 Å². The van der Waals surface area contributed by atoms with Gasteiger partial charge in [-0.25, -0.2) is 0 Å². The molecule has 0 amide bonds. The van der Waals surface area contributed by atoms with Crippen LogP contribution in [-0.4, -0.2) is 57.7 Å². The zero-order valence-electron chi connectivity index (χ0n) is 30.0. The number of thiol groups is 2. The summed E-state index contributed by atoms with van der Waals surface area (Å²) < 4.78 is 11.1. The lowest BCUT2D eigenvalue weighted by molar-refractivity contribution is -0.145. The van der Waals surface area contributed by atoms with E-state index in [0.717, 1.165) is 130 Å². The van der Waals surface area contributed by atoms with Crippen LogP contribution in [0.15, 0.2) is 0 Å². The summed E-state index contributed by atoms with van der Waals surface area (Å²) in [6, 6.07) is 0. The summed E-state index contributed by atoms with van der Waals surface area (Å²) in [4.78, 5) is 24.6. The maximum atomic E-state index is 12.3. The second kappa shape index (κ2) is 14.1. The van der Waals surface area contributed by atoms with Crippen molar-refractivity contribution in [3.05, 3.63) is 0 Å². The van der Waals surface area contributed by atoms with Gasteiger partial charge in [0.15, 0.2) is 0 Å². The number of unbranched alkanes of at least 4 members (excludes halogenated alkanes) is 1. The fourth-order valence-electron chi connectivity index (χ4n) is 16.5. The zero-order valence-corrected chi connectivity index (χ0v) is 33.5. The van der Waals surface area contributed by atoms with E-state index in [2.05, 4.69) is 23.5 Å². The number of esters is 2. The number of thioether (sulfide) groups is 2. The van der Waals surface area contributed by atoms with E-state index in [4.69, 9.17) is 34.7 Å². The highest BCUT2D eigenvalue weighted by Crippen LogP contribution is 2.75. The summed E-state index contributed by atoms with van der Waals surface area (Å²) >= 11 is 14.2. The quantitative estimate of drug-likeness (QED) is 0.0753. The van der Waals surface area contributed by atoms with Crippen LogP contribution >= 0.6 is 48.8 Å². The molecule has 0 saturated heterocycles. The smallest absolute Gasteiger partial charge is 0.305 e. The van der Waals surface area contributed by atoms with E-state index in [1.54, 1.807) is 12.8 Å². The Labute approximate surface area is 321 Å². The molecule has 0 spiro atoms. The molecule has 10 fully saturated rings. The highest BCUT2D eigenvalue weighted by molar-refractivity contribution is 8.00. The molecule has 0 aliphatic heterocycles. The summed E-state index contributed by atoms with van der Waals surface area (Å²) in [5, 5.41) is 3.04. The van der Waals surface area contributed by atoms with Crippen molar-refractivity contribution in [2.24, 2.45) is 94.7 Å². The number of fused-ring (bicyclic) bond motifs is 24. The molecule has 0 heterocycles. The number of carbonyl (C=O) groups excluding carboxylic acids is 2. The predicted octanol–water partition coefficient (Wildman–Crippen LogP) is 9.11. The van der Waals surface area contributed by atoms with Gasteiger partial charge in [-0.2, -0.15) is 48.8 Å². The topological polar surface area (TPSA) is 52.6 Å². The van der Waals surface area contributed by atoms with Gasteiger partial charge in [-0.3, -0.25) is 9.59 Å². The van der Waals surface area contributed by atoms with Gasteiger partial charge >= 0.3 is 11.9 Å². The van der Waals surface area contributed by atoms with Crippen LogP contribution in [0.3, 0.4) is 0 Å². The third kappa shape index (κ3) is 5.91. The van der Waals surface area contributed by atoms with E-state index in [9.17, 15) is 9.59 Å². The third-order valence-electron chi connectivity index (χ3n) is 17.5. The van der Waals surface area contributed by atoms with Gasteiger partial charge < -0.3 is 9.47 Å². The van der Waals surface area contributed by atoms with Crippen LogP contribution < -0.4 is 0 Å². The number of ether oxygens (including phenoxy) is 2. The van der Waals surface area contributed by atoms with Crippen LogP contribution in [0.25, 0.3) is 0 Å². The van der Waals surface area contributed by atoms with E-state index >= 15 is 0 Å². The Bertz CT molecular complexity index is 1300. The number of rotatable bonds is 15. The summed E-state index contributed by atoms with van der Waals surface area (Å²) in [6.45, 7) is 1.08. The van der Waals surface area contributed by atoms with Crippen molar-refractivity contribution >= 4 is 60.7 Å². The van der Waals surface area contributed by atoms with E-state index in [1.807, 2.05) is 0 Å². The van der Waals surface area contributed by atoms with Gasteiger partial charge in [0, 0.05) is 33.8 Å². The minimum absolute atomic E-state index is 0.107. The molecule has 4 nitrogen and oxygen atoms in total. The minimum Gasteiger partial charge on any atom is -0.466 e. The highest BCUT2D eigenvalue weighted by atomic mass is 32.2. The molecule has 0 aromatic rings. The Morgan fingerprint density at radius 3 is 1.66 bits per heavy atom. The molecule has 0 aromatic carbocycles. The molecule has 8 bridgehead atoms. The van der Waals surface area contributed by atoms with Gasteiger partial charge in [0.2, 0.25) is 0 Å². The van der Waals surface area contributed by atoms with Gasteiger partial charge in [-0.1, -0.05) is 0 Å². The fourth-order valence-corrected chi connectivity index (χ4v) is 20.4. The molecule has 10 aliphatic carbocycles. The number of hydrogen-bond donors (Lipinski definition) is 2. The van der Waals surface area contributed by atoms with Crippen LogP contribution in [0.1, 0.15) is 103 Å². The summed E-state index contributed by atoms with van der Waals surface area (Å²) in [6.07, 6.45) is 18.8. The monoisotopic (exact) mass is 758 g/mol. The molecular weight excluding hydrogens is 697 g/mol. The zero-order chi connectivity index (χ0) is 33.7. The van der Waals surface area contributed by atoms with Crippen molar-refractivity contribution in [1.29, 1.82) is 0 Å².